The third-order valence-electron chi connectivity index (χ3n) is 5.57. The number of rotatable bonds is 3. The highest BCUT2D eigenvalue weighted by Gasteiger charge is 2.35. The zero-order valence-corrected chi connectivity index (χ0v) is 14.8. The van der Waals surface area contributed by atoms with Crippen molar-refractivity contribution in [3.8, 4) is 0 Å². The number of aryl methyl sites for hydroxylation is 3. The van der Waals surface area contributed by atoms with Crippen LogP contribution in [0.4, 0.5) is 5.69 Å². The molecule has 1 saturated carbocycles. The number of carbonyl (C=O) groups excluding carboxylic acids is 1. The van der Waals surface area contributed by atoms with Crippen molar-refractivity contribution in [2.24, 2.45) is 0 Å². The van der Waals surface area contributed by atoms with E-state index in [1.54, 1.807) is 0 Å². The maximum Gasteiger partial charge on any atom is 0.241 e. The molecule has 126 valence electrons. The molecule has 1 saturated heterocycles. The summed E-state index contributed by atoms with van der Waals surface area (Å²) in [6, 6.07) is 4.99. The Labute approximate surface area is 140 Å². The molecule has 0 spiro atoms. The van der Waals surface area contributed by atoms with Crippen LogP contribution in [-0.2, 0) is 4.79 Å². The van der Waals surface area contributed by atoms with Crippen LogP contribution in [0.3, 0.4) is 0 Å². The standard InChI is InChI=1S/C20H30N2O/c1-14-12-15(2)19(16(3)13-14)21-20(23)18-10-7-11-22(18)17-8-5-4-6-9-17/h12-13,17-18H,4-11H2,1-3H3,(H,21,23)/t18-/m1/s1. The van der Waals surface area contributed by atoms with E-state index in [0.717, 1.165) is 36.2 Å². The summed E-state index contributed by atoms with van der Waals surface area (Å²) in [4.78, 5) is 15.4. The summed E-state index contributed by atoms with van der Waals surface area (Å²) in [7, 11) is 0. The Balaban J connectivity index is 1.72. The van der Waals surface area contributed by atoms with Gasteiger partial charge in [0.1, 0.15) is 0 Å². The van der Waals surface area contributed by atoms with Gasteiger partial charge in [-0.05, 0) is 64.1 Å². The number of carbonyl (C=O) groups is 1. The van der Waals surface area contributed by atoms with Crippen molar-refractivity contribution in [3.63, 3.8) is 0 Å². The Bertz CT molecular complexity index is 552. The topological polar surface area (TPSA) is 32.3 Å². The van der Waals surface area contributed by atoms with Crippen LogP contribution in [0.15, 0.2) is 12.1 Å². The van der Waals surface area contributed by atoms with Crippen LogP contribution >= 0.6 is 0 Å². The molecule has 0 bridgehead atoms. The Hall–Kier alpha value is -1.35. The first-order valence-electron chi connectivity index (χ1n) is 9.20. The van der Waals surface area contributed by atoms with Gasteiger partial charge in [-0.3, -0.25) is 9.69 Å². The molecule has 1 aliphatic carbocycles. The average molecular weight is 314 g/mol. The molecule has 2 aliphatic rings. The molecule has 0 radical (unpaired) electrons. The van der Waals surface area contributed by atoms with Gasteiger partial charge < -0.3 is 5.32 Å². The number of amides is 1. The van der Waals surface area contributed by atoms with Crippen LogP contribution in [0.25, 0.3) is 0 Å². The molecule has 3 rings (SSSR count). The lowest BCUT2D eigenvalue weighted by Crippen LogP contribution is -2.46. The maximum absolute atomic E-state index is 12.9. The van der Waals surface area contributed by atoms with E-state index in [9.17, 15) is 4.79 Å². The van der Waals surface area contributed by atoms with Crippen molar-refractivity contribution >= 4 is 11.6 Å². The Morgan fingerprint density at radius 1 is 1.00 bits per heavy atom. The average Bonchev–Trinajstić information content (AvgIpc) is 3.01. The lowest BCUT2D eigenvalue weighted by atomic mass is 9.93. The first-order chi connectivity index (χ1) is 11.1. The summed E-state index contributed by atoms with van der Waals surface area (Å²) in [6.07, 6.45) is 8.71. The smallest absolute Gasteiger partial charge is 0.241 e. The molecule has 1 atom stereocenters. The molecule has 1 aromatic rings. The second kappa shape index (κ2) is 7.04. The largest absolute Gasteiger partial charge is 0.324 e. The van der Waals surface area contributed by atoms with Crippen molar-refractivity contribution < 1.29 is 4.79 Å². The van der Waals surface area contributed by atoms with Gasteiger partial charge in [0.05, 0.1) is 6.04 Å². The molecule has 1 aliphatic heterocycles. The van der Waals surface area contributed by atoms with E-state index >= 15 is 0 Å². The van der Waals surface area contributed by atoms with Gasteiger partial charge in [-0.2, -0.15) is 0 Å². The van der Waals surface area contributed by atoms with Crippen molar-refractivity contribution in [2.45, 2.75) is 77.8 Å². The van der Waals surface area contributed by atoms with Crippen molar-refractivity contribution in [1.82, 2.24) is 4.90 Å². The van der Waals surface area contributed by atoms with E-state index in [1.165, 1.54) is 37.7 Å². The van der Waals surface area contributed by atoms with Crippen LogP contribution in [0.1, 0.15) is 61.6 Å². The fourth-order valence-corrected chi connectivity index (χ4v) is 4.50. The second-order valence-electron chi connectivity index (χ2n) is 7.45. The summed E-state index contributed by atoms with van der Waals surface area (Å²) in [5.74, 6) is 0.197. The van der Waals surface area contributed by atoms with Crippen LogP contribution in [0.5, 0.6) is 0 Å². The van der Waals surface area contributed by atoms with Gasteiger partial charge in [-0.25, -0.2) is 0 Å². The van der Waals surface area contributed by atoms with Crippen molar-refractivity contribution in [1.29, 1.82) is 0 Å². The lowest BCUT2D eigenvalue weighted by molar-refractivity contribution is -0.121. The highest BCUT2D eigenvalue weighted by molar-refractivity contribution is 5.96. The van der Waals surface area contributed by atoms with Gasteiger partial charge >= 0.3 is 0 Å². The molecule has 0 unspecified atom stereocenters. The fourth-order valence-electron chi connectivity index (χ4n) is 4.50. The lowest BCUT2D eigenvalue weighted by Gasteiger charge is -2.35. The van der Waals surface area contributed by atoms with Gasteiger partial charge in [0.25, 0.3) is 0 Å². The van der Waals surface area contributed by atoms with Crippen LogP contribution in [0.2, 0.25) is 0 Å². The summed E-state index contributed by atoms with van der Waals surface area (Å²) in [5.41, 5.74) is 4.59. The van der Waals surface area contributed by atoms with Gasteiger partial charge in [0, 0.05) is 11.7 Å². The quantitative estimate of drug-likeness (QED) is 0.899. The first-order valence-corrected chi connectivity index (χ1v) is 9.20. The minimum atomic E-state index is 0.0678. The van der Waals surface area contributed by atoms with Gasteiger partial charge in [0.2, 0.25) is 5.91 Å². The van der Waals surface area contributed by atoms with E-state index in [0.29, 0.717) is 6.04 Å². The molecule has 23 heavy (non-hydrogen) atoms. The summed E-state index contributed by atoms with van der Waals surface area (Å²) >= 11 is 0. The first kappa shape index (κ1) is 16.5. The monoisotopic (exact) mass is 314 g/mol. The fraction of sp³-hybridized carbons (Fsp3) is 0.650. The van der Waals surface area contributed by atoms with Gasteiger partial charge in [-0.15, -0.1) is 0 Å². The van der Waals surface area contributed by atoms with E-state index < -0.39 is 0 Å². The number of nitrogens with one attached hydrogen (secondary N) is 1. The highest BCUT2D eigenvalue weighted by atomic mass is 16.2. The molecule has 3 nitrogen and oxygen atoms in total. The summed E-state index contributed by atoms with van der Waals surface area (Å²) in [6.45, 7) is 7.37. The van der Waals surface area contributed by atoms with Crippen LogP contribution in [0, 0.1) is 20.8 Å². The van der Waals surface area contributed by atoms with Crippen molar-refractivity contribution in [2.75, 3.05) is 11.9 Å². The molecular weight excluding hydrogens is 284 g/mol. The predicted octanol–water partition coefficient (Wildman–Crippen LogP) is 4.35. The van der Waals surface area contributed by atoms with E-state index in [2.05, 4.69) is 43.1 Å². The Morgan fingerprint density at radius 2 is 1.65 bits per heavy atom. The number of hydrogen-bond donors (Lipinski definition) is 1. The zero-order valence-electron chi connectivity index (χ0n) is 14.8. The Morgan fingerprint density at radius 3 is 2.30 bits per heavy atom. The van der Waals surface area contributed by atoms with E-state index in [-0.39, 0.29) is 11.9 Å². The molecule has 3 heteroatoms. The minimum absolute atomic E-state index is 0.0678. The third-order valence-corrected chi connectivity index (χ3v) is 5.57. The van der Waals surface area contributed by atoms with Crippen LogP contribution in [-0.4, -0.2) is 29.4 Å². The third kappa shape index (κ3) is 3.60. The van der Waals surface area contributed by atoms with Crippen LogP contribution < -0.4 is 5.32 Å². The molecule has 1 amide bonds. The van der Waals surface area contributed by atoms with E-state index in [1.807, 2.05) is 0 Å². The molecule has 0 aromatic heterocycles. The molecule has 1 heterocycles. The molecule has 1 aromatic carbocycles. The summed E-state index contributed by atoms with van der Waals surface area (Å²) < 4.78 is 0. The highest BCUT2D eigenvalue weighted by Crippen LogP contribution is 2.30. The zero-order chi connectivity index (χ0) is 16.4. The SMILES string of the molecule is Cc1cc(C)c(NC(=O)[C@H]2CCCN2C2CCCCC2)c(C)c1. The molecular formula is C20H30N2O. The second-order valence-corrected chi connectivity index (χ2v) is 7.45. The van der Waals surface area contributed by atoms with Gasteiger partial charge in [-0.1, -0.05) is 37.0 Å². The van der Waals surface area contributed by atoms with Gasteiger partial charge in [0.15, 0.2) is 0 Å². The minimum Gasteiger partial charge on any atom is -0.324 e. The number of benzene rings is 1. The maximum atomic E-state index is 12.9. The number of nitrogens with zero attached hydrogens (tertiary/aromatic N) is 1. The number of anilines is 1. The predicted molar refractivity (Wildman–Crippen MR) is 95.9 cm³/mol. The molecule has 1 N–H and O–H groups in total. The van der Waals surface area contributed by atoms with E-state index in [4.69, 9.17) is 0 Å². The normalized spacial score (nSPS) is 23.2. The number of likely N-dealkylation sites (tertiary alicyclic amines) is 1. The Kier molecular flexibility index (Phi) is 5.05. The summed E-state index contributed by atoms with van der Waals surface area (Å²) in [5, 5.41) is 3.24. The number of hydrogen-bond acceptors (Lipinski definition) is 2. The van der Waals surface area contributed by atoms with Crippen molar-refractivity contribution in [3.05, 3.63) is 28.8 Å². The molecule has 2 fully saturated rings.